The van der Waals surface area contributed by atoms with Crippen molar-refractivity contribution in [2.45, 2.75) is 25.9 Å². The Morgan fingerprint density at radius 3 is 3.11 bits per heavy atom. The molecule has 0 saturated carbocycles. The van der Waals surface area contributed by atoms with Gasteiger partial charge in [-0.1, -0.05) is 17.7 Å². The summed E-state index contributed by atoms with van der Waals surface area (Å²) in [6.45, 7) is 4.01. The Hall–Kier alpha value is -1.26. The van der Waals surface area contributed by atoms with Crippen molar-refractivity contribution in [3.05, 3.63) is 28.8 Å². The van der Waals surface area contributed by atoms with E-state index in [0.29, 0.717) is 29.4 Å². The minimum atomic E-state index is -0.0679. The minimum absolute atomic E-state index is 0.0679. The number of likely N-dealkylation sites (tertiary alicyclic amines) is 1. The summed E-state index contributed by atoms with van der Waals surface area (Å²) in [5.41, 5.74) is 6.64. The van der Waals surface area contributed by atoms with E-state index in [9.17, 15) is 4.79 Å². The number of benzene rings is 1. The number of amides is 1. The number of nitrogen functional groups attached to an aromatic ring is 1. The second-order valence-corrected chi connectivity index (χ2v) is 5.06. The number of piperidine rings is 1. The number of hydrogen-bond acceptors (Lipinski definition) is 3. The van der Waals surface area contributed by atoms with Gasteiger partial charge in [-0.25, -0.2) is 0 Å². The summed E-state index contributed by atoms with van der Waals surface area (Å²) in [7, 11) is 0. The summed E-state index contributed by atoms with van der Waals surface area (Å²) >= 11 is 6.10. The van der Waals surface area contributed by atoms with Gasteiger partial charge in [0.15, 0.2) is 0 Å². The molecule has 4 nitrogen and oxygen atoms in total. The molecule has 2 N–H and O–H groups in total. The van der Waals surface area contributed by atoms with E-state index in [1.165, 1.54) is 0 Å². The van der Waals surface area contributed by atoms with Crippen molar-refractivity contribution in [1.29, 1.82) is 0 Å². The SMILES string of the molecule is CCOC1CCCN(C(=O)c2cccc(N)c2Cl)C1. The molecule has 1 fully saturated rings. The van der Waals surface area contributed by atoms with E-state index >= 15 is 0 Å². The van der Waals surface area contributed by atoms with Crippen LogP contribution >= 0.6 is 11.6 Å². The summed E-state index contributed by atoms with van der Waals surface area (Å²) in [5.74, 6) is -0.0679. The molecule has 0 bridgehead atoms. The van der Waals surface area contributed by atoms with E-state index in [-0.39, 0.29) is 12.0 Å². The van der Waals surface area contributed by atoms with Crippen LogP contribution in [0.2, 0.25) is 5.02 Å². The van der Waals surface area contributed by atoms with Crippen molar-refractivity contribution in [2.75, 3.05) is 25.4 Å². The molecule has 2 rings (SSSR count). The second-order valence-electron chi connectivity index (χ2n) is 4.68. The van der Waals surface area contributed by atoms with Crippen molar-refractivity contribution in [1.82, 2.24) is 4.90 Å². The van der Waals surface area contributed by atoms with Crippen LogP contribution in [0, 0.1) is 0 Å². The number of ether oxygens (including phenoxy) is 1. The van der Waals surface area contributed by atoms with Crippen LogP contribution in [0.1, 0.15) is 30.1 Å². The zero-order valence-electron chi connectivity index (χ0n) is 11.1. The minimum Gasteiger partial charge on any atom is -0.398 e. The van der Waals surface area contributed by atoms with Crippen molar-refractivity contribution in [3.8, 4) is 0 Å². The van der Waals surface area contributed by atoms with E-state index < -0.39 is 0 Å². The lowest BCUT2D eigenvalue weighted by Crippen LogP contribution is -2.43. The first-order valence-electron chi connectivity index (χ1n) is 6.58. The molecule has 1 amide bonds. The first-order chi connectivity index (χ1) is 9.13. The van der Waals surface area contributed by atoms with Crippen LogP contribution in [0.15, 0.2) is 18.2 Å². The maximum absolute atomic E-state index is 12.5. The van der Waals surface area contributed by atoms with Gasteiger partial charge in [0.1, 0.15) is 0 Å². The Morgan fingerprint density at radius 1 is 1.58 bits per heavy atom. The monoisotopic (exact) mass is 282 g/mol. The molecule has 1 aromatic carbocycles. The Morgan fingerprint density at radius 2 is 2.37 bits per heavy atom. The Balaban J connectivity index is 2.12. The second kappa shape index (κ2) is 6.26. The molecule has 0 aliphatic carbocycles. The van der Waals surface area contributed by atoms with Gasteiger partial charge in [-0.05, 0) is 31.9 Å². The molecule has 0 aromatic heterocycles. The number of halogens is 1. The van der Waals surface area contributed by atoms with Gasteiger partial charge in [-0.2, -0.15) is 0 Å². The van der Waals surface area contributed by atoms with E-state index in [4.69, 9.17) is 22.1 Å². The molecular formula is C14H19ClN2O2. The standard InChI is InChI=1S/C14H19ClN2O2/c1-2-19-10-5-4-8-17(9-10)14(18)11-6-3-7-12(16)13(11)15/h3,6-7,10H,2,4-5,8-9,16H2,1H3. The summed E-state index contributed by atoms with van der Waals surface area (Å²) in [5, 5.41) is 0.339. The van der Waals surface area contributed by atoms with Crippen LogP contribution in [-0.2, 0) is 4.74 Å². The zero-order valence-corrected chi connectivity index (χ0v) is 11.8. The van der Waals surface area contributed by atoms with Gasteiger partial charge in [0, 0.05) is 19.7 Å². The van der Waals surface area contributed by atoms with Gasteiger partial charge in [0.2, 0.25) is 0 Å². The quantitative estimate of drug-likeness (QED) is 0.867. The predicted molar refractivity (Wildman–Crippen MR) is 76.4 cm³/mol. The topological polar surface area (TPSA) is 55.6 Å². The normalized spacial score (nSPS) is 19.5. The first kappa shape index (κ1) is 14.2. The molecule has 5 heteroatoms. The molecule has 1 aliphatic heterocycles. The fourth-order valence-corrected chi connectivity index (χ4v) is 2.59. The fraction of sp³-hybridized carbons (Fsp3) is 0.500. The number of anilines is 1. The van der Waals surface area contributed by atoms with Crippen molar-refractivity contribution in [3.63, 3.8) is 0 Å². The van der Waals surface area contributed by atoms with Gasteiger partial charge in [0.05, 0.1) is 22.4 Å². The number of nitrogens with zero attached hydrogens (tertiary/aromatic N) is 1. The maximum Gasteiger partial charge on any atom is 0.255 e. The lowest BCUT2D eigenvalue weighted by atomic mass is 10.1. The van der Waals surface area contributed by atoms with Crippen LogP contribution < -0.4 is 5.73 Å². The molecule has 1 atom stereocenters. The largest absolute Gasteiger partial charge is 0.398 e. The summed E-state index contributed by atoms with van der Waals surface area (Å²) in [4.78, 5) is 14.2. The Labute approximate surface area is 118 Å². The van der Waals surface area contributed by atoms with Gasteiger partial charge in [0.25, 0.3) is 5.91 Å². The predicted octanol–water partition coefficient (Wildman–Crippen LogP) is 2.56. The number of nitrogens with two attached hydrogens (primary N) is 1. The highest BCUT2D eigenvalue weighted by atomic mass is 35.5. The molecule has 1 aliphatic rings. The van der Waals surface area contributed by atoms with Crippen LogP contribution in [-0.4, -0.2) is 36.6 Å². The Bertz CT molecular complexity index is 463. The van der Waals surface area contributed by atoms with Crippen LogP contribution in [0.25, 0.3) is 0 Å². The molecule has 1 saturated heterocycles. The highest BCUT2D eigenvalue weighted by Crippen LogP contribution is 2.25. The molecule has 1 heterocycles. The average molecular weight is 283 g/mol. The summed E-state index contributed by atoms with van der Waals surface area (Å²) in [6, 6.07) is 5.15. The number of carbonyl (C=O) groups is 1. The summed E-state index contributed by atoms with van der Waals surface area (Å²) in [6.07, 6.45) is 2.08. The van der Waals surface area contributed by atoms with Crippen molar-refractivity contribution >= 4 is 23.2 Å². The van der Waals surface area contributed by atoms with E-state index in [1.54, 1.807) is 23.1 Å². The third-order valence-corrected chi connectivity index (χ3v) is 3.75. The molecule has 104 valence electrons. The van der Waals surface area contributed by atoms with Crippen LogP contribution in [0.5, 0.6) is 0 Å². The van der Waals surface area contributed by atoms with Crippen LogP contribution in [0.3, 0.4) is 0 Å². The lowest BCUT2D eigenvalue weighted by molar-refractivity contribution is 0.00725. The van der Waals surface area contributed by atoms with Crippen LogP contribution in [0.4, 0.5) is 5.69 Å². The third kappa shape index (κ3) is 3.19. The molecule has 1 aromatic rings. The lowest BCUT2D eigenvalue weighted by Gasteiger charge is -2.32. The smallest absolute Gasteiger partial charge is 0.255 e. The zero-order chi connectivity index (χ0) is 13.8. The Kier molecular flexibility index (Phi) is 4.66. The molecule has 1 unspecified atom stereocenters. The van der Waals surface area contributed by atoms with E-state index in [1.807, 2.05) is 6.92 Å². The van der Waals surface area contributed by atoms with Gasteiger partial charge < -0.3 is 15.4 Å². The third-order valence-electron chi connectivity index (χ3n) is 3.33. The molecule has 19 heavy (non-hydrogen) atoms. The van der Waals surface area contributed by atoms with Crippen molar-refractivity contribution in [2.24, 2.45) is 0 Å². The molecule has 0 radical (unpaired) electrons. The number of hydrogen-bond donors (Lipinski definition) is 1. The van der Waals surface area contributed by atoms with Gasteiger partial charge in [-0.3, -0.25) is 4.79 Å². The first-order valence-corrected chi connectivity index (χ1v) is 6.96. The van der Waals surface area contributed by atoms with E-state index in [0.717, 1.165) is 19.4 Å². The number of rotatable bonds is 3. The number of carbonyl (C=O) groups excluding carboxylic acids is 1. The molecule has 0 spiro atoms. The highest BCUT2D eigenvalue weighted by molar-refractivity contribution is 6.36. The van der Waals surface area contributed by atoms with Gasteiger partial charge >= 0.3 is 0 Å². The van der Waals surface area contributed by atoms with E-state index in [2.05, 4.69) is 0 Å². The highest BCUT2D eigenvalue weighted by Gasteiger charge is 2.26. The van der Waals surface area contributed by atoms with Gasteiger partial charge in [-0.15, -0.1) is 0 Å². The maximum atomic E-state index is 12.5. The summed E-state index contributed by atoms with van der Waals surface area (Å²) < 4.78 is 5.60. The molecular weight excluding hydrogens is 264 g/mol. The fourth-order valence-electron chi connectivity index (χ4n) is 2.38. The average Bonchev–Trinajstić information content (AvgIpc) is 2.42. The van der Waals surface area contributed by atoms with Crippen molar-refractivity contribution < 1.29 is 9.53 Å².